The fourth-order valence-electron chi connectivity index (χ4n) is 1.31. The Morgan fingerprint density at radius 3 is 2.78 bits per heavy atom. The summed E-state index contributed by atoms with van der Waals surface area (Å²) in [6.07, 6.45) is 1.12. The summed E-state index contributed by atoms with van der Waals surface area (Å²) < 4.78 is 0. The zero-order valence-corrected chi connectivity index (χ0v) is 12.0. The fraction of sp³-hybridized carbons (Fsp3) is 0.462. The highest BCUT2D eigenvalue weighted by molar-refractivity contribution is 7.99. The molecule has 0 saturated heterocycles. The number of hydrogen-bond donors (Lipinski definition) is 2. The van der Waals surface area contributed by atoms with Crippen molar-refractivity contribution in [2.45, 2.75) is 25.2 Å². The lowest BCUT2D eigenvalue weighted by Crippen LogP contribution is -2.31. The third-order valence-corrected chi connectivity index (χ3v) is 3.76. The summed E-state index contributed by atoms with van der Waals surface area (Å²) >= 11 is 1.76. The molecule has 1 rings (SSSR count). The summed E-state index contributed by atoms with van der Waals surface area (Å²) in [5, 5.41) is 2.83. The molecule has 0 radical (unpaired) electrons. The predicted molar refractivity (Wildman–Crippen MR) is 79.2 cm³/mol. The van der Waals surface area contributed by atoms with E-state index >= 15 is 0 Å². The van der Waals surface area contributed by atoms with Crippen LogP contribution in [0.2, 0.25) is 0 Å². The van der Waals surface area contributed by atoms with Gasteiger partial charge in [0.05, 0.1) is 11.4 Å². The molecule has 0 saturated carbocycles. The third-order valence-electron chi connectivity index (χ3n) is 2.56. The average Bonchev–Trinajstić information content (AvgIpc) is 2.38. The van der Waals surface area contributed by atoms with Crippen molar-refractivity contribution >= 4 is 29.2 Å². The number of amides is 2. The van der Waals surface area contributed by atoms with Gasteiger partial charge in [0, 0.05) is 18.5 Å². The maximum absolute atomic E-state index is 11.8. The molecule has 0 aliphatic heterocycles. The van der Waals surface area contributed by atoms with E-state index in [4.69, 9.17) is 5.73 Å². The Balaban J connectivity index is 2.77. The molecule has 1 aromatic carbocycles. The topological polar surface area (TPSA) is 58.4 Å². The molecule has 18 heavy (non-hydrogen) atoms. The van der Waals surface area contributed by atoms with Crippen LogP contribution in [0.4, 0.5) is 16.2 Å². The van der Waals surface area contributed by atoms with Crippen molar-refractivity contribution in [3.8, 4) is 0 Å². The van der Waals surface area contributed by atoms with E-state index in [9.17, 15) is 4.79 Å². The van der Waals surface area contributed by atoms with Gasteiger partial charge < -0.3 is 16.0 Å². The standard InChI is InChI=1S/C13H21N3OS/c1-4-8-18-10-6-7-11(14)12(9-10)15-13(17)16(3)5-2/h6-7,9H,4-5,8,14H2,1-3H3,(H,15,17). The van der Waals surface area contributed by atoms with E-state index in [1.807, 2.05) is 25.1 Å². The normalized spacial score (nSPS) is 10.2. The monoisotopic (exact) mass is 267 g/mol. The summed E-state index contributed by atoms with van der Waals surface area (Å²) in [6.45, 7) is 4.73. The van der Waals surface area contributed by atoms with E-state index in [1.54, 1.807) is 23.7 Å². The van der Waals surface area contributed by atoms with E-state index in [1.165, 1.54) is 0 Å². The Labute approximate surface area is 113 Å². The summed E-state index contributed by atoms with van der Waals surface area (Å²) in [4.78, 5) is 14.5. The molecular weight excluding hydrogens is 246 g/mol. The second kappa shape index (κ2) is 7.16. The Morgan fingerprint density at radius 1 is 1.44 bits per heavy atom. The van der Waals surface area contributed by atoms with Crippen LogP contribution in [0.3, 0.4) is 0 Å². The molecule has 3 N–H and O–H groups in total. The molecule has 0 bridgehead atoms. The molecule has 0 fully saturated rings. The van der Waals surface area contributed by atoms with Crippen LogP contribution in [0.25, 0.3) is 0 Å². The van der Waals surface area contributed by atoms with Crippen LogP contribution in [-0.4, -0.2) is 30.3 Å². The van der Waals surface area contributed by atoms with Crippen molar-refractivity contribution in [3.05, 3.63) is 18.2 Å². The van der Waals surface area contributed by atoms with Crippen LogP contribution in [0, 0.1) is 0 Å². The van der Waals surface area contributed by atoms with E-state index in [0.717, 1.165) is 17.1 Å². The second-order valence-electron chi connectivity index (χ2n) is 4.04. The SMILES string of the molecule is CCCSc1ccc(N)c(NC(=O)N(C)CC)c1. The third kappa shape index (κ3) is 4.14. The van der Waals surface area contributed by atoms with Gasteiger partial charge in [-0.05, 0) is 37.3 Å². The quantitative estimate of drug-likeness (QED) is 0.636. The van der Waals surface area contributed by atoms with Gasteiger partial charge in [-0.3, -0.25) is 0 Å². The molecule has 2 amide bonds. The Morgan fingerprint density at radius 2 is 2.17 bits per heavy atom. The fourth-order valence-corrected chi connectivity index (χ4v) is 2.11. The van der Waals surface area contributed by atoms with Crippen LogP contribution in [0.1, 0.15) is 20.3 Å². The van der Waals surface area contributed by atoms with Crippen LogP contribution < -0.4 is 11.1 Å². The van der Waals surface area contributed by atoms with Gasteiger partial charge in [-0.2, -0.15) is 0 Å². The van der Waals surface area contributed by atoms with Gasteiger partial charge in [0.1, 0.15) is 0 Å². The van der Waals surface area contributed by atoms with Gasteiger partial charge in [-0.25, -0.2) is 4.79 Å². The lowest BCUT2D eigenvalue weighted by molar-refractivity contribution is 0.224. The first kappa shape index (κ1) is 14.7. The van der Waals surface area contributed by atoms with E-state index in [0.29, 0.717) is 17.9 Å². The van der Waals surface area contributed by atoms with Crippen molar-refractivity contribution in [2.75, 3.05) is 30.4 Å². The minimum absolute atomic E-state index is 0.137. The molecule has 0 heterocycles. The zero-order valence-electron chi connectivity index (χ0n) is 11.2. The molecule has 0 atom stereocenters. The van der Waals surface area contributed by atoms with Gasteiger partial charge in [0.15, 0.2) is 0 Å². The number of nitrogen functional groups attached to an aromatic ring is 1. The highest BCUT2D eigenvalue weighted by atomic mass is 32.2. The minimum atomic E-state index is -0.137. The lowest BCUT2D eigenvalue weighted by atomic mass is 10.3. The maximum atomic E-state index is 11.8. The second-order valence-corrected chi connectivity index (χ2v) is 5.21. The van der Waals surface area contributed by atoms with Crippen molar-refractivity contribution in [3.63, 3.8) is 0 Å². The number of hydrogen-bond acceptors (Lipinski definition) is 3. The first-order valence-corrected chi connectivity index (χ1v) is 7.11. The largest absolute Gasteiger partial charge is 0.397 e. The minimum Gasteiger partial charge on any atom is -0.397 e. The summed E-state index contributed by atoms with van der Waals surface area (Å²) in [7, 11) is 1.75. The van der Waals surface area contributed by atoms with Gasteiger partial charge in [0.25, 0.3) is 0 Å². The smallest absolute Gasteiger partial charge is 0.321 e. The Bertz CT molecular complexity index is 409. The number of nitrogens with two attached hydrogens (primary N) is 1. The van der Waals surface area contributed by atoms with Crippen LogP contribution in [0.5, 0.6) is 0 Å². The number of thioether (sulfide) groups is 1. The molecule has 0 spiro atoms. The number of benzene rings is 1. The first-order chi connectivity index (χ1) is 8.58. The number of nitrogens with one attached hydrogen (secondary N) is 1. The predicted octanol–water partition coefficient (Wildman–Crippen LogP) is 3.25. The lowest BCUT2D eigenvalue weighted by Gasteiger charge is -2.17. The Hall–Kier alpha value is -1.36. The van der Waals surface area contributed by atoms with E-state index in [2.05, 4.69) is 12.2 Å². The molecule has 5 heteroatoms. The summed E-state index contributed by atoms with van der Waals surface area (Å²) in [6, 6.07) is 5.60. The molecule has 100 valence electrons. The van der Waals surface area contributed by atoms with Crippen molar-refractivity contribution < 1.29 is 4.79 Å². The number of anilines is 2. The van der Waals surface area contributed by atoms with E-state index in [-0.39, 0.29) is 6.03 Å². The zero-order chi connectivity index (χ0) is 13.5. The van der Waals surface area contributed by atoms with Crippen LogP contribution in [0.15, 0.2) is 23.1 Å². The Kier molecular flexibility index (Phi) is 5.85. The maximum Gasteiger partial charge on any atom is 0.321 e. The van der Waals surface area contributed by atoms with Crippen molar-refractivity contribution in [2.24, 2.45) is 0 Å². The molecule has 0 aliphatic carbocycles. The van der Waals surface area contributed by atoms with Crippen molar-refractivity contribution in [1.82, 2.24) is 4.90 Å². The number of nitrogens with zero attached hydrogens (tertiary/aromatic N) is 1. The first-order valence-electron chi connectivity index (χ1n) is 6.12. The van der Waals surface area contributed by atoms with Crippen LogP contribution >= 0.6 is 11.8 Å². The number of carbonyl (C=O) groups is 1. The van der Waals surface area contributed by atoms with Gasteiger partial charge in [-0.15, -0.1) is 11.8 Å². The molecular formula is C13H21N3OS. The molecule has 4 nitrogen and oxygen atoms in total. The molecule has 0 unspecified atom stereocenters. The van der Waals surface area contributed by atoms with Crippen molar-refractivity contribution in [1.29, 1.82) is 0 Å². The number of rotatable bonds is 5. The van der Waals surface area contributed by atoms with Gasteiger partial charge in [-0.1, -0.05) is 6.92 Å². The highest BCUT2D eigenvalue weighted by Crippen LogP contribution is 2.27. The van der Waals surface area contributed by atoms with Gasteiger partial charge >= 0.3 is 6.03 Å². The molecule has 0 aliphatic rings. The van der Waals surface area contributed by atoms with Gasteiger partial charge in [0.2, 0.25) is 0 Å². The summed E-state index contributed by atoms with van der Waals surface area (Å²) in [5.41, 5.74) is 7.14. The molecule has 0 aromatic heterocycles. The number of urea groups is 1. The average molecular weight is 267 g/mol. The highest BCUT2D eigenvalue weighted by Gasteiger charge is 2.09. The van der Waals surface area contributed by atoms with Crippen LogP contribution in [-0.2, 0) is 0 Å². The summed E-state index contributed by atoms with van der Waals surface area (Å²) in [5.74, 6) is 1.06. The number of carbonyl (C=O) groups excluding carboxylic acids is 1. The molecule has 1 aromatic rings. The van der Waals surface area contributed by atoms with E-state index < -0.39 is 0 Å².